The van der Waals surface area contributed by atoms with Crippen molar-refractivity contribution in [3.8, 4) is 0 Å². The van der Waals surface area contributed by atoms with Crippen LogP contribution in [0.1, 0.15) is 25.7 Å². The molecule has 0 saturated heterocycles. The first kappa shape index (κ1) is 12.3. The maximum atomic E-state index is 5.64. The molecule has 5 nitrogen and oxygen atoms in total. The summed E-state index contributed by atoms with van der Waals surface area (Å²) < 4.78 is 0. The lowest BCUT2D eigenvalue weighted by Gasteiger charge is -2.38. The molecule has 1 aliphatic carbocycles. The van der Waals surface area contributed by atoms with Crippen LogP contribution in [0.25, 0.3) is 11.2 Å². The number of anilines is 1. The predicted octanol–water partition coefficient (Wildman–Crippen LogP) is 1.73. The Hall–Kier alpha value is -1.75. The molecule has 2 aromatic heterocycles. The molecule has 19 heavy (non-hydrogen) atoms. The van der Waals surface area contributed by atoms with Crippen molar-refractivity contribution in [1.29, 1.82) is 0 Å². The largest absolute Gasteiger partial charge is 0.354 e. The highest BCUT2D eigenvalue weighted by Crippen LogP contribution is 2.29. The van der Waals surface area contributed by atoms with E-state index < -0.39 is 0 Å². The van der Waals surface area contributed by atoms with E-state index in [1.54, 1.807) is 12.4 Å². The first-order valence-electron chi connectivity index (χ1n) is 6.93. The minimum atomic E-state index is 0.619. The minimum Gasteiger partial charge on any atom is -0.354 e. The summed E-state index contributed by atoms with van der Waals surface area (Å²) in [5.41, 5.74) is 7.20. The molecule has 2 N–H and O–H groups in total. The second kappa shape index (κ2) is 5.48. The van der Waals surface area contributed by atoms with Crippen LogP contribution in [0.4, 0.5) is 5.82 Å². The molecule has 2 aromatic rings. The summed E-state index contributed by atoms with van der Waals surface area (Å²) in [7, 11) is 0. The molecule has 1 saturated carbocycles. The van der Waals surface area contributed by atoms with Crippen LogP contribution in [0.3, 0.4) is 0 Å². The summed E-state index contributed by atoms with van der Waals surface area (Å²) in [6, 6.07) is 4.66. The maximum Gasteiger partial charge on any atom is 0.180 e. The molecule has 0 atom stereocenters. The quantitative estimate of drug-likeness (QED) is 0.883. The molecular formula is C14H19N5. The Morgan fingerprint density at radius 3 is 2.79 bits per heavy atom. The Bertz CT molecular complexity index is 552. The number of hydrogen-bond acceptors (Lipinski definition) is 5. The summed E-state index contributed by atoms with van der Waals surface area (Å²) in [4.78, 5) is 15.6. The van der Waals surface area contributed by atoms with E-state index in [9.17, 15) is 0 Å². The Balaban J connectivity index is 1.89. The smallest absolute Gasteiger partial charge is 0.180 e. The van der Waals surface area contributed by atoms with Crippen molar-refractivity contribution in [2.45, 2.75) is 31.7 Å². The zero-order chi connectivity index (χ0) is 13.1. The first-order valence-corrected chi connectivity index (χ1v) is 6.93. The van der Waals surface area contributed by atoms with E-state index in [2.05, 4.69) is 19.9 Å². The highest BCUT2D eigenvalue weighted by atomic mass is 15.2. The van der Waals surface area contributed by atoms with Crippen LogP contribution in [-0.2, 0) is 0 Å². The van der Waals surface area contributed by atoms with Crippen LogP contribution in [0.15, 0.2) is 24.5 Å². The van der Waals surface area contributed by atoms with Crippen molar-refractivity contribution < 1.29 is 0 Å². The molecule has 0 spiro atoms. The monoisotopic (exact) mass is 257 g/mol. The van der Waals surface area contributed by atoms with Crippen LogP contribution >= 0.6 is 0 Å². The Morgan fingerprint density at radius 2 is 2.05 bits per heavy atom. The van der Waals surface area contributed by atoms with Gasteiger partial charge in [0.25, 0.3) is 0 Å². The number of nitrogens with zero attached hydrogens (tertiary/aromatic N) is 4. The van der Waals surface area contributed by atoms with Crippen LogP contribution in [-0.4, -0.2) is 34.1 Å². The molecule has 5 heteroatoms. The first-order chi connectivity index (χ1) is 9.38. The normalized spacial score (nSPS) is 15.4. The molecule has 0 amide bonds. The number of fused-ring (bicyclic) bond motifs is 1. The molecular weight excluding hydrogens is 238 g/mol. The van der Waals surface area contributed by atoms with E-state index in [4.69, 9.17) is 5.73 Å². The van der Waals surface area contributed by atoms with Gasteiger partial charge in [0.1, 0.15) is 11.3 Å². The Kier molecular flexibility index (Phi) is 3.55. The summed E-state index contributed by atoms with van der Waals surface area (Å²) in [6.07, 6.45) is 8.21. The lowest BCUT2D eigenvalue weighted by Crippen LogP contribution is -2.41. The molecule has 0 bridgehead atoms. The van der Waals surface area contributed by atoms with E-state index in [1.807, 2.05) is 12.1 Å². The second-order valence-corrected chi connectivity index (χ2v) is 4.99. The van der Waals surface area contributed by atoms with E-state index >= 15 is 0 Å². The van der Waals surface area contributed by atoms with Gasteiger partial charge in [0.15, 0.2) is 5.65 Å². The van der Waals surface area contributed by atoms with Gasteiger partial charge in [0, 0.05) is 25.0 Å². The minimum absolute atomic E-state index is 0.619. The van der Waals surface area contributed by atoms with Crippen LogP contribution in [0.2, 0.25) is 0 Å². The maximum absolute atomic E-state index is 5.64. The lowest BCUT2D eigenvalue weighted by molar-refractivity contribution is 0.383. The van der Waals surface area contributed by atoms with Gasteiger partial charge in [-0.2, -0.15) is 0 Å². The van der Waals surface area contributed by atoms with Crippen LogP contribution in [0.5, 0.6) is 0 Å². The van der Waals surface area contributed by atoms with E-state index in [0.29, 0.717) is 6.04 Å². The number of aromatic nitrogens is 3. The molecule has 3 rings (SSSR count). The van der Waals surface area contributed by atoms with Gasteiger partial charge in [-0.3, -0.25) is 4.98 Å². The van der Waals surface area contributed by atoms with Crippen molar-refractivity contribution in [2.24, 2.45) is 5.73 Å². The third kappa shape index (κ3) is 2.51. The van der Waals surface area contributed by atoms with Crippen molar-refractivity contribution >= 4 is 17.0 Å². The number of nitrogens with two attached hydrogens (primary N) is 1. The third-order valence-electron chi connectivity index (χ3n) is 3.73. The molecule has 100 valence electrons. The number of pyridine rings is 1. The van der Waals surface area contributed by atoms with Gasteiger partial charge in [0.05, 0.1) is 0 Å². The molecule has 0 radical (unpaired) electrons. The highest BCUT2D eigenvalue weighted by molar-refractivity contribution is 5.71. The highest BCUT2D eigenvalue weighted by Gasteiger charge is 2.25. The van der Waals surface area contributed by atoms with E-state index in [1.165, 1.54) is 19.3 Å². The second-order valence-electron chi connectivity index (χ2n) is 4.99. The van der Waals surface area contributed by atoms with Crippen molar-refractivity contribution in [1.82, 2.24) is 15.0 Å². The summed E-state index contributed by atoms with van der Waals surface area (Å²) in [5.74, 6) is 1.01. The average molecular weight is 257 g/mol. The van der Waals surface area contributed by atoms with Crippen molar-refractivity contribution in [3.05, 3.63) is 24.5 Å². The third-order valence-corrected chi connectivity index (χ3v) is 3.73. The lowest BCUT2D eigenvalue weighted by atomic mass is 9.91. The zero-order valence-electron chi connectivity index (χ0n) is 11.0. The number of hydrogen-bond donors (Lipinski definition) is 1. The molecule has 0 aromatic carbocycles. The fourth-order valence-corrected chi connectivity index (χ4v) is 2.45. The van der Waals surface area contributed by atoms with E-state index in [0.717, 1.165) is 36.5 Å². The van der Waals surface area contributed by atoms with Gasteiger partial charge in [-0.1, -0.05) is 0 Å². The molecule has 2 heterocycles. The SMILES string of the molecule is NCCCN(c1ccc2nccnc2n1)C1CCC1. The fraction of sp³-hybridized carbons (Fsp3) is 0.500. The zero-order valence-corrected chi connectivity index (χ0v) is 11.0. The number of rotatable bonds is 5. The molecule has 0 aliphatic heterocycles. The van der Waals surface area contributed by atoms with Crippen molar-refractivity contribution in [2.75, 3.05) is 18.0 Å². The molecule has 0 unspecified atom stereocenters. The van der Waals surface area contributed by atoms with Gasteiger partial charge in [-0.15, -0.1) is 0 Å². The Morgan fingerprint density at radius 1 is 1.21 bits per heavy atom. The van der Waals surface area contributed by atoms with Gasteiger partial charge >= 0.3 is 0 Å². The molecule has 1 fully saturated rings. The summed E-state index contributed by atoms with van der Waals surface area (Å²) in [6.45, 7) is 1.69. The summed E-state index contributed by atoms with van der Waals surface area (Å²) >= 11 is 0. The van der Waals surface area contributed by atoms with E-state index in [-0.39, 0.29) is 0 Å². The van der Waals surface area contributed by atoms with Gasteiger partial charge in [-0.05, 0) is 44.4 Å². The standard InChI is InChI=1S/C14H19N5/c15-7-2-10-19(11-3-1-4-11)13-6-5-12-14(18-13)17-9-8-16-12/h5-6,8-9,11H,1-4,7,10,15H2. The fourth-order valence-electron chi connectivity index (χ4n) is 2.45. The Labute approximate surface area is 112 Å². The van der Waals surface area contributed by atoms with Gasteiger partial charge < -0.3 is 10.6 Å². The van der Waals surface area contributed by atoms with Crippen LogP contribution in [0, 0.1) is 0 Å². The average Bonchev–Trinajstić information content (AvgIpc) is 2.40. The van der Waals surface area contributed by atoms with Crippen LogP contribution < -0.4 is 10.6 Å². The topological polar surface area (TPSA) is 67.9 Å². The van der Waals surface area contributed by atoms with Gasteiger partial charge in [-0.25, -0.2) is 9.97 Å². The summed E-state index contributed by atoms with van der Waals surface area (Å²) in [5, 5.41) is 0. The van der Waals surface area contributed by atoms with Gasteiger partial charge in [0.2, 0.25) is 0 Å². The molecule has 1 aliphatic rings. The van der Waals surface area contributed by atoms with Crippen molar-refractivity contribution in [3.63, 3.8) is 0 Å². The predicted molar refractivity (Wildman–Crippen MR) is 76.0 cm³/mol.